The second-order valence-electron chi connectivity index (χ2n) is 5.58. The first-order valence-corrected chi connectivity index (χ1v) is 7.84. The van der Waals surface area contributed by atoms with Crippen LogP contribution in [0.3, 0.4) is 0 Å². The maximum Gasteiger partial charge on any atom is 0.416 e. The normalized spacial score (nSPS) is 13.6. The first-order valence-electron chi connectivity index (χ1n) is 7.03. The van der Waals surface area contributed by atoms with Crippen LogP contribution in [0.1, 0.15) is 48.7 Å². The molecule has 1 atom stereocenters. The van der Waals surface area contributed by atoms with Crippen molar-refractivity contribution in [1.29, 1.82) is 0 Å². The zero-order chi connectivity index (χ0) is 16.5. The Hall–Kier alpha value is -1.40. The van der Waals surface area contributed by atoms with E-state index in [9.17, 15) is 18.3 Å². The smallest absolute Gasteiger partial charge is 0.396 e. The van der Waals surface area contributed by atoms with Gasteiger partial charge in [-0.2, -0.15) is 13.2 Å². The number of benzene rings is 1. The maximum atomic E-state index is 12.6. The zero-order valence-corrected chi connectivity index (χ0v) is 13.4. The fraction of sp³-hybridized carbons (Fsp3) is 0.438. The molecule has 0 aliphatic heterocycles. The van der Waals surface area contributed by atoms with Crippen molar-refractivity contribution in [2.45, 2.75) is 38.8 Å². The number of aliphatic hydroxyl groups is 1. The summed E-state index contributed by atoms with van der Waals surface area (Å²) in [5.74, 6) is 0.168. The van der Waals surface area contributed by atoms with Crippen LogP contribution in [-0.2, 0) is 6.18 Å². The van der Waals surface area contributed by atoms with E-state index < -0.39 is 11.7 Å². The second-order valence-corrected chi connectivity index (χ2v) is 6.61. The van der Waals surface area contributed by atoms with Gasteiger partial charge in [0.15, 0.2) is 0 Å². The minimum Gasteiger partial charge on any atom is -0.396 e. The molecule has 2 rings (SSSR count). The Morgan fingerprint density at radius 3 is 2.18 bits per heavy atom. The van der Waals surface area contributed by atoms with Crippen LogP contribution in [0.5, 0.6) is 0 Å². The molecule has 0 amide bonds. The molecule has 0 aliphatic rings. The Balaban J connectivity index is 2.41. The van der Waals surface area contributed by atoms with Crippen molar-refractivity contribution in [3.63, 3.8) is 0 Å². The van der Waals surface area contributed by atoms with Gasteiger partial charge in [-0.25, -0.2) is 4.98 Å². The number of rotatable bonds is 4. The minimum absolute atomic E-state index is 0.0222. The van der Waals surface area contributed by atoms with Gasteiger partial charge in [0.25, 0.3) is 0 Å². The molecule has 2 aromatic rings. The first kappa shape index (κ1) is 17.0. The molecule has 1 N–H and O–H groups in total. The number of hydrogen-bond acceptors (Lipinski definition) is 3. The van der Waals surface area contributed by atoms with E-state index >= 15 is 0 Å². The molecule has 1 aromatic heterocycles. The van der Waals surface area contributed by atoms with Gasteiger partial charge in [-0.3, -0.25) is 0 Å². The van der Waals surface area contributed by atoms with Crippen molar-refractivity contribution in [3.8, 4) is 10.6 Å². The van der Waals surface area contributed by atoms with Gasteiger partial charge < -0.3 is 5.11 Å². The van der Waals surface area contributed by atoms with Crippen LogP contribution in [-0.4, -0.2) is 16.7 Å². The highest BCUT2D eigenvalue weighted by molar-refractivity contribution is 7.15. The third-order valence-electron chi connectivity index (χ3n) is 3.41. The lowest BCUT2D eigenvalue weighted by Crippen LogP contribution is -2.03. The van der Waals surface area contributed by atoms with E-state index in [0.29, 0.717) is 10.6 Å². The molecule has 120 valence electrons. The molecular weight excluding hydrogens is 311 g/mol. The van der Waals surface area contributed by atoms with Crippen molar-refractivity contribution in [1.82, 2.24) is 4.98 Å². The van der Waals surface area contributed by atoms with Crippen molar-refractivity contribution in [2.24, 2.45) is 0 Å². The minimum atomic E-state index is -4.33. The van der Waals surface area contributed by atoms with E-state index in [-0.39, 0.29) is 18.4 Å². The van der Waals surface area contributed by atoms with Gasteiger partial charge in [0.2, 0.25) is 0 Å². The lowest BCUT2D eigenvalue weighted by atomic mass is 10.0. The summed E-state index contributed by atoms with van der Waals surface area (Å²) in [5.41, 5.74) is 0.901. The van der Waals surface area contributed by atoms with Gasteiger partial charge in [-0.15, -0.1) is 11.3 Å². The Labute approximate surface area is 131 Å². The molecular formula is C16H18F3NOS. The van der Waals surface area contributed by atoms with E-state index in [1.54, 1.807) is 0 Å². The summed E-state index contributed by atoms with van der Waals surface area (Å²) in [4.78, 5) is 5.56. The number of aliphatic hydroxyl groups excluding tert-OH is 1. The number of halogens is 3. The molecule has 1 unspecified atom stereocenters. The molecule has 0 radical (unpaired) electrons. The molecule has 0 saturated heterocycles. The highest BCUT2D eigenvalue weighted by Gasteiger charge is 2.30. The largest absolute Gasteiger partial charge is 0.416 e. The summed E-state index contributed by atoms with van der Waals surface area (Å²) in [6, 6.07) is 5.03. The van der Waals surface area contributed by atoms with Crippen molar-refractivity contribution in [2.75, 3.05) is 6.61 Å². The summed E-state index contributed by atoms with van der Waals surface area (Å²) < 4.78 is 37.8. The van der Waals surface area contributed by atoms with Crippen molar-refractivity contribution >= 4 is 11.3 Å². The molecule has 6 heteroatoms. The van der Waals surface area contributed by atoms with Gasteiger partial charge in [0.1, 0.15) is 5.01 Å². The average Bonchev–Trinajstić information content (AvgIpc) is 2.91. The van der Waals surface area contributed by atoms with E-state index in [1.165, 1.54) is 23.5 Å². The topological polar surface area (TPSA) is 33.1 Å². The fourth-order valence-electron chi connectivity index (χ4n) is 2.12. The second kappa shape index (κ2) is 6.38. The lowest BCUT2D eigenvalue weighted by Gasteiger charge is -2.09. The average molecular weight is 329 g/mol. The lowest BCUT2D eigenvalue weighted by molar-refractivity contribution is -0.137. The standard InChI is InChI=1S/C16H18F3NOS/c1-9(2)13-14(10(3)8-21)22-15(20-13)11-4-6-12(7-5-11)16(17,18)19/h4-7,9-10,21H,8H2,1-3H3. The SMILES string of the molecule is CC(C)c1nc(-c2ccc(C(F)(F)F)cc2)sc1C(C)CO. The van der Waals surface area contributed by atoms with Crippen molar-refractivity contribution < 1.29 is 18.3 Å². The Bertz CT molecular complexity index is 632. The number of nitrogens with zero attached hydrogens (tertiary/aromatic N) is 1. The number of alkyl halides is 3. The third kappa shape index (κ3) is 3.50. The number of aromatic nitrogens is 1. The number of thiazole rings is 1. The van der Waals surface area contributed by atoms with Gasteiger partial charge in [0, 0.05) is 16.4 Å². The van der Waals surface area contributed by atoms with Crippen LogP contribution in [0.15, 0.2) is 24.3 Å². The van der Waals surface area contributed by atoms with Gasteiger partial charge in [0.05, 0.1) is 17.9 Å². The quantitative estimate of drug-likeness (QED) is 0.851. The van der Waals surface area contributed by atoms with Gasteiger partial charge in [-0.05, 0) is 18.1 Å². The van der Waals surface area contributed by atoms with Crippen LogP contribution in [0.4, 0.5) is 13.2 Å². The van der Waals surface area contributed by atoms with E-state index in [1.807, 2.05) is 20.8 Å². The molecule has 0 aliphatic carbocycles. The van der Waals surface area contributed by atoms with Crippen LogP contribution >= 0.6 is 11.3 Å². The molecule has 1 heterocycles. The first-order chi connectivity index (χ1) is 10.2. The Morgan fingerprint density at radius 2 is 1.73 bits per heavy atom. The predicted octanol–water partition coefficient (Wildman–Crippen LogP) is 5.05. The zero-order valence-electron chi connectivity index (χ0n) is 12.6. The molecule has 0 fully saturated rings. The van der Waals surface area contributed by atoms with Crippen LogP contribution < -0.4 is 0 Å². The summed E-state index contributed by atoms with van der Waals surface area (Å²) in [7, 11) is 0. The summed E-state index contributed by atoms with van der Waals surface area (Å²) in [6.45, 7) is 5.96. The van der Waals surface area contributed by atoms with Crippen LogP contribution in [0.2, 0.25) is 0 Å². The monoisotopic (exact) mass is 329 g/mol. The molecule has 0 saturated carbocycles. The predicted molar refractivity (Wildman–Crippen MR) is 82.1 cm³/mol. The molecule has 0 bridgehead atoms. The number of hydrogen-bond donors (Lipinski definition) is 1. The highest BCUT2D eigenvalue weighted by Crippen LogP contribution is 2.37. The molecule has 22 heavy (non-hydrogen) atoms. The molecule has 0 spiro atoms. The van der Waals surface area contributed by atoms with E-state index in [0.717, 1.165) is 22.7 Å². The summed E-state index contributed by atoms with van der Waals surface area (Å²) in [5, 5.41) is 10.0. The van der Waals surface area contributed by atoms with Crippen LogP contribution in [0, 0.1) is 0 Å². The maximum absolute atomic E-state index is 12.6. The van der Waals surface area contributed by atoms with E-state index in [2.05, 4.69) is 4.98 Å². The molecule has 2 nitrogen and oxygen atoms in total. The van der Waals surface area contributed by atoms with Gasteiger partial charge in [-0.1, -0.05) is 32.9 Å². The van der Waals surface area contributed by atoms with Crippen molar-refractivity contribution in [3.05, 3.63) is 40.4 Å². The Morgan fingerprint density at radius 1 is 1.14 bits per heavy atom. The van der Waals surface area contributed by atoms with E-state index in [4.69, 9.17) is 0 Å². The third-order valence-corrected chi connectivity index (χ3v) is 4.76. The highest BCUT2D eigenvalue weighted by atomic mass is 32.1. The summed E-state index contributed by atoms with van der Waals surface area (Å²) >= 11 is 1.43. The summed E-state index contributed by atoms with van der Waals surface area (Å²) in [6.07, 6.45) is -4.33. The molecule has 1 aromatic carbocycles. The van der Waals surface area contributed by atoms with Gasteiger partial charge >= 0.3 is 6.18 Å². The Kier molecular flexibility index (Phi) is 4.92. The van der Waals surface area contributed by atoms with Crippen LogP contribution in [0.25, 0.3) is 10.6 Å². The fourth-order valence-corrected chi connectivity index (χ4v) is 3.39.